The summed E-state index contributed by atoms with van der Waals surface area (Å²) in [6.45, 7) is 0. The average molecular weight is 348 g/mol. The van der Waals surface area contributed by atoms with Crippen molar-refractivity contribution in [3.63, 3.8) is 0 Å². The number of hydrogen-bond donors (Lipinski definition) is 2. The Morgan fingerprint density at radius 3 is 2.87 bits per heavy atom. The van der Waals surface area contributed by atoms with E-state index in [1.54, 1.807) is 17.8 Å². The molecule has 0 bridgehead atoms. The molecule has 0 aliphatic rings. The molecule has 0 fully saturated rings. The Balaban J connectivity index is 1.97. The topological polar surface area (TPSA) is 106 Å². The molecular weight excluding hydrogens is 341 g/mol. The summed E-state index contributed by atoms with van der Waals surface area (Å²) in [4.78, 5) is 23.6. The summed E-state index contributed by atoms with van der Waals surface area (Å²) in [7, 11) is 0. The van der Waals surface area contributed by atoms with Crippen LogP contribution in [0.1, 0.15) is 0 Å². The Labute approximate surface area is 137 Å². The summed E-state index contributed by atoms with van der Waals surface area (Å²) in [5.41, 5.74) is 7.26. The number of nitrogens with one attached hydrogen (secondary N) is 1. The van der Waals surface area contributed by atoms with E-state index in [-0.39, 0.29) is 22.5 Å². The molecule has 0 spiro atoms. The standard InChI is InChI=1S/C13H7ClFN7S/c14-6-4-19-12-8(20-6)5(3-18-12)11-21-9(7(15)10(16)22-11)13-17-1-2-23-13/h1-4H,(H,18,19)(H2,16,21,22). The van der Waals surface area contributed by atoms with Crippen LogP contribution in [0.25, 0.3) is 33.3 Å². The summed E-state index contributed by atoms with van der Waals surface area (Å²) in [5.74, 6) is -0.742. The Bertz CT molecular complexity index is 1010. The average Bonchev–Trinajstić information content (AvgIpc) is 3.19. The van der Waals surface area contributed by atoms with Crippen molar-refractivity contribution in [3.8, 4) is 22.1 Å². The zero-order valence-electron chi connectivity index (χ0n) is 11.3. The Hall–Kier alpha value is -2.65. The first kappa shape index (κ1) is 14.0. The SMILES string of the molecule is Nc1nc(-c2c[nH]c3ncc(Cl)nc23)nc(-c2nccs2)c1F. The predicted molar refractivity (Wildman–Crippen MR) is 85.4 cm³/mol. The maximum atomic E-state index is 14.2. The first-order chi connectivity index (χ1) is 11.1. The summed E-state index contributed by atoms with van der Waals surface area (Å²) in [6, 6.07) is 0. The van der Waals surface area contributed by atoms with Crippen molar-refractivity contribution in [2.45, 2.75) is 0 Å². The van der Waals surface area contributed by atoms with E-state index in [0.717, 1.165) is 0 Å². The molecule has 0 aliphatic carbocycles. The third-order valence-corrected chi connectivity index (χ3v) is 4.07. The summed E-state index contributed by atoms with van der Waals surface area (Å²) < 4.78 is 14.2. The number of halogens is 2. The fourth-order valence-corrected chi connectivity index (χ4v) is 2.86. The second-order valence-electron chi connectivity index (χ2n) is 4.52. The molecule has 4 aromatic rings. The van der Waals surface area contributed by atoms with Crippen molar-refractivity contribution >= 4 is 39.9 Å². The molecule has 4 aromatic heterocycles. The molecule has 0 amide bonds. The molecule has 4 rings (SSSR count). The number of nitrogens with two attached hydrogens (primary N) is 1. The van der Waals surface area contributed by atoms with Crippen LogP contribution in [0, 0.1) is 5.82 Å². The molecule has 0 atom stereocenters. The minimum Gasteiger partial charge on any atom is -0.381 e. The van der Waals surface area contributed by atoms with E-state index in [4.69, 9.17) is 17.3 Å². The van der Waals surface area contributed by atoms with Crippen LogP contribution in [0.4, 0.5) is 10.2 Å². The minimum atomic E-state index is -0.701. The number of nitrogens with zero attached hydrogens (tertiary/aromatic N) is 5. The number of aromatic nitrogens is 6. The fourth-order valence-electron chi connectivity index (χ4n) is 2.11. The maximum absolute atomic E-state index is 14.2. The van der Waals surface area contributed by atoms with Crippen LogP contribution in [0.2, 0.25) is 5.15 Å². The molecule has 0 unspecified atom stereocenters. The summed E-state index contributed by atoms with van der Waals surface area (Å²) in [6.07, 6.45) is 4.61. The van der Waals surface area contributed by atoms with E-state index in [1.165, 1.54) is 17.5 Å². The molecule has 23 heavy (non-hydrogen) atoms. The number of hydrogen-bond acceptors (Lipinski definition) is 7. The number of anilines is 1. The molecule has 0 aliphatic heterocycles. The quantitative estimate of drug-likeness (QED) is 0.577. The van der Waals surface area contributed by atoms with Crippen LogP contribution in [-0.2, 0) is 0 Å². The third kappa shape index (κ3) is 2.30. The van der Waals surface area contributed by atoms with Crippen molar-refractivity contribution in [1.29, 1.82) is 0 Å². The zero-order valence-corrected chi connectivity index (χ0v) is 12.9. The number of thiazole rings is 1. The molecule has 0 aromatic carbocycles. The van der Waals surface area contributed by atoms with Crippen LogP contribution in [0.5, 0.6) is 0 Å². The lowest BCUT2D eigenvalue weighted by atomic mass is 10.2. The molecule has 0 saturated carbocycles. The van der Waals surface area contributed by atoms with Gasteiger partial charge in [0.25, 0.3) is 0 Å². The lowest BCUT2D eigenvalue weighted by molar-refractivity contribution is 0.624. The first-order valence-electron chi connectivity index (χ1n) is 6.36. The number of rotatable bonds is 2. The van der Waals surface area contributed by atoms with Crippen LogP contribution >= 0.6 is 22.9 Å². The van der Waals surface area contributed by atoms with Crippen LogP contribution in [-0.4, -0.2) is 29.9 Å². The van der Waals surface area contributed by atoms with E-state index in [9.17, 15) is 4.39 Å². The minimum absolute atomic E-state index is 0.0480. The molecule has 0 radical (unpaired) electrons. The van der Waals surface area contributed by atoms with Gasteiger partial charge in [0, 0.05) is 17.8 Å². The van der Waals surface area contributed by atoms with Gasteiger partial charge in [0.05, 0.1) is 11.8 Å². The lowest BCUT2D eigenvalue weighted by Crippen LogP contribution is -2.03. The van der Waals surface area contributed by atoms with Gasteiger partial charge in [-0.2, -0.15) is 0 Å². The second-order valence-corrected chi connectivity index (χ2v) is 5.81. The Morgan fingerprint density at radius 1 is 1.22 bits per heavy atom. The second kappa shape index (κ2) is 5.21. The van der Waals surface area contributed by atoms with Gasteiger partial charge in [-0.25, -0.2) is 29.3 Å². The van der Waals surface area contributed by atoms with Gasteiger partial charge in [0.2, 0.25) is 0 Å². The van der Waals surface area contributed by atoms with Crippen molar-refractivity contribution in [3.05, 3.63) is 34.9 Å². The third-order valence-electron chi connectivity index (χ3n) is 3.10. The molecule has 3 N–H and O–H groups in total. The first-order valence-corrected chi connectivity index (χ1v) is 7.62. The molecule has 7 nitrogen and oxygen atoms in total. The van der Waals surface area contributed by atoms with E-state index in [0.29, 0.717) is 21.7 Å². The monoisotopic (exact) mass is 347 g/mol. The van der Waals surface area contributed by atoms with Crippen LogP contribution in [0.3, 0.4) is 0 Å². The van der Waals surface area contributed by atoms with Gasteiger partial charge in [-0.05, 0) is 0 Å². The molecule has 4 heterocycles. The molecule has 114 valence electrons. The van der Waals surface area contributed by atoms with Gasteiger partial charge in [-0.1, -0.05) is 11.6 Å². The van der Waals surface area contributed by atoms with Gasteiger partial charge in [0.1, 0.15) is 21.4 Å². The van der Waals surface area contributed by atoms with Gasteiger partial charge in [0.15, 0.2) is 23.1 Å². The van der Waals surface area contributed by atoms with Crippen LogP contribution in [0.15, 0.2) is 24.0 Å². The normalized spacial score (nSPS) is 11.2. The molecule has 10 heteroatoms. The Kier molecular flexibility index (Phi) is 3.17. The van der Waals surface area contributed by atoms with Gasteiger partial charge in [-0.3, -0.25) is 0 Å². The highest BCUT2D eigenvalue weighted by Crippen LogP contribution is 2.30. The van der Waals surface area contributed by atoms with E-state index >= 15 is 0 Å². The van der Waals surface area contributed by atoms with Gasteiger partial charge >= 0.3 is 0 Å². The highest BCUT2D eigenvalue weighted by atomic mass is 35.5. The lowest BCUT2D eigenvalue weighted by Gasteiger charge is -2.05. The highest BCUT2D eigenvalue weighted by molar-refractivity contribution is 7.13. The number of nitrogen functional groups attached to an aromatic ring is 1. The van der Waals surface area contributed by atoms with Gasteiger partial charge < -0.3 is 10.7 Å². The zero-order chi connectivity index (χ0) is 16.0. The summed E-state index contributed by atoms with van der Waals surface area (Å²) >= 11 is 7.14. The van der Waals surface area contributed by atoms with Crippen molar-refractivity contribution in [2.24, 2.45) is 0 Å². The predicted octanol–water partition coefficient (Wildman–Crippen LogP) is 2.91. The Morgan fingerprint density at radius 2 is 2.09 bits per heavy atom. The number of H-pyrrole nitrogens is 1. The highest BCUT2D eigenvalue weighted by Gasteiger charge is 2.19. The maximum Gasteiger partial charge on any atom is 0.193 e. The molecule has 0 saturated heterocycles. The van der Waals surface area contributed by atoms with Crippen molar-refractivity contribution in [2.75, 3.05) is 5.73 Å². The number of aromatic amines is 1. The number of fused-ring (bicyclic) bond motifs is 1. The van der Waals surface area contributed by atoms with E-state index in [1.807, 2.05) is 0 Å². The smallest absolute Gasteiger partial charge is 0.193 e. The van der Waals surface area contributed by atoms with Gasteiger partial charge in [-0.15, -0.1) is 11.3 Å². The largest absolute Gasteiger partial charge is 0.381 e. The van der Waals surface area contributed by atoms with Crippen molar-refractivity contribution < 1.29 is 4.39 Å². The van der Waals surface area contributed by atoms with Crippen molar-refractivity contribution in [1.82, 2.24) is 29.9 Å². The van der Waals surface area contributed by atoms with Crippen LogP contribution < -0.4 is 5.73 Å². The fraction of sp³-hybridized carbons (Fsp3) is 0. The summed E-state index contributed by atoms with van der Waals surface area (Å²) in [5, 5.41) is 2.37. The van der Waals surface area contributed by atoms with E-state index < -0.39 is 5.82 Å². The van der Waals surface area contributed by atoms with E-state index in [2.05, 4.69) is 29.9 Å². The molecular formula is C13H7ClFN7S.